The van der Waals surface area contributed by atoms with Crippen molar-refractivity contribution in [2.75, 3.05) is 0 Å². The van der Waals surface area contributed by atoms with Crippen LogP contribution in [0.2, 0.25) is 0 Å². The topological polar surface area (TPSA) is 61.5 Å². The predicted molar refractivity (Wildman–Crippen MR) is 105 cm³/mol. The fraction of sp³-hybridized carbons (Fsp3) is 0.667. The molecule has 2 fully saturated rings. The Balaban J connectivity index is 0.00000243. The molecule has 4 nitrogen and oxygen atoms in total. The van der Waals surface area contributed by atoms with E-state index in [1.165, 1.54) is 18.4 Å². The average Bonchev–Trinajstić information content (AvgIpc) is 3.13. The smallest absolute Gasteiger partial charge is 0.323 e. The molecule has 0 spiro atoms. The third-order valence-corrected chi connectivity index (χ3v) is 5.61. The van der Waals surface area contributed by atoms with E-state index in [4.69, 9.17) is 15.2 Å². The van der Waals surface area contributed by atoms with Crippen LogP contribution in [0.5, 0.6) is 0 Å². The molecular weight excluding hydrogens is 350 g/mol. The monoisotopic (exact) mass is 381 g/mol. The minimum atomic E-state index is -0.509. The molecule has 1 aliphatic carbocycles. The van der Waals surface area contributed by atoms with Crippen molar-refractivity contribution in [3.63, 3.8) is 0 Å². The number of hydrogen-bond acceptors (Lipinski definition) is 4. The van der Waals surface area contributed by atoms with Crippen LogP contribution < -0.4 is 5.73 Å². The molecule has 0 bridgehead atoms. The molecule has 1 saturated carbocycles. The van der Waals surface area contributed by atoms with Crippen LogP contribution in [0.25, 0.3) is 0 Å². The number of rotatable bonds is 4. The van der Waals surface area contributed by atoms with E-state index in [9.17, 15) is 4.79 Å². The summed E-state index contributed by atoms with van der Waals surface area (Å²) in [6, 6.07) is 10.0. The Morgan fingerprint density at radius 3 is 2.46 bits per heavy atom. The third-order valence-electron chi connectivity index (χ3n) is 5.61. The van der Waals surface area contributed by atoms with Crippen LogP contribution in [0, 0.1) is 5.92 Å². The summed E-state index contributed by atoms with van der Waals surface area (Å²) in [5, 5.41) is 0. The molecule has 4 atom stereocenters. The van der Waals surface area contributed by atoms with Crippen molar-refractivity contribution in [2.24, 2.45) is 11.7 Å². The summed E-state index contributed by atoms with van der Waals surface area (Å²) in [7, 11) is 0. The Morgan fingerprint density at radius 2 is 1.77 bits per heavy atom. The lowest BCUT2D eigenvalue weighted by Gasteiger charge is -2.33. The highest BCUT2D eigenvalue weighted by Crippen LogP contribution is 2.31. The van der Waals surface area contributed by atoms with E-state index < -0.39 is 6.04 Å². The summed E-state index contributed by atoms with van der Waals surface area (Å²) in [5.41, 5.74) is 7.29. The summed E-state index contributed by atoms with van der Waals surface area (Å²) >= 11 is 0. The average molecular weight is 382 g/mol. The maximum Gasteiger partial charge on any atom is 0.323 e. The van der Waals surface area contributed by atoms with E-state index in [2.05, 4.69) is 24.3 Å². The highest BCUT2D eigenvalue weighted by atomic mass is 35.5. The van der Waals surface area contributed by atoms with Gasteiger partial charge in [-0.05, 0) is 50.5 Å². The van der Waals surface area contributed by atoms with Crippen LogP contribution in [0.1, 0.15) is 57.4 Å². The number of ether oxygens (including phenoxy) is 2. The fourth-order valence-corrected chi connectivity index (χ4v) is 4.21. The van der Waals surface area contributed by atoms with Crippen LogP contribution in [0.4, 0.5) is 0 Å². The third kappa shape index (κ3) is 5.70. The van der Waals surface area contributed by atoms with Crippen molar-refractivity contribution in [2.45, 2.75) is 82.6 Å². The summed E-state index contributed by atoms with van der Waals surface area (Å²) in [5.74, 6) is 0.0592. The summed E-state index contributed by atoms with van der Waals surface area (Å²) < 4.78 is 12.2. The maximum absolute atomic E-state index is 12.2. The number of hydrogen-bond donors (Lipinski definition) is 1. The zero-order chi connectivity index (χ0) is 17.6. The van der Waals surface area contributed by atoms with E-state index in [-0.39, 0.29) is 30.6 Å². The van der Waals surface area contributed by atoms with Gasteiger partial charge in [-0.1, -0.05) is 49.6 Å². The molecule has 5 heteroatoms. The number of halogens is 1. The van der Waals surface area contributed by atoms with Crippen LogP contribution in [-0.4, -0.2) is 30.3 Å². The van der Waals surface area contributed by atoms with Gasteiger partial charge in [-0.3, -0.25) is 4.79 Å². The highest BCUT2D eigenvalue weighted by Gasteiger charge is 2.35. The molecule has 1 aromatic rings. The van der Waals surface area contributed by atoms with Gasteiger partial charge >= 0.3 is 5.97 Å². The Kier molecular flexibility index (Phi) is 8.39. The molecule has 1 aromatic carbocycles. The SMILES string of the molecule is C[C@@H]1OC(=O)[C@@H](N)CCC[C@H](Cc2ccccc2)[C@H]1OC1CCCC1.Cl. The Hall–Kier alpha value is -1.10. The first-order valence-electron chi connectivity index (χ1n) is 9.79. The molecule has 1 aliphatic heterocycles. The van der Waals surface area contributed by atoms with Crippen LogP contribution in [0.15, 0.2) is 30.3 Å². The maximum atomic E-state index is 12.2. The van der Waals surface area contributed by atoms with Crippen molar-refractivity contribution < 1.29 is 14.3 Å². The molecule has 2 aliphatic rings. The van der Waals surface area contributed by atoms with Gasteiger partial charge in [0.15, 0.2) is 0 Å². The molecule has 0 amide bonds. The van der Waals surface area contributed by atoms with E-state index in [1.807, 2.05) is 13.0 Å². The van der Waals surface area contributed by atoms with Gasteiger partial charge in [0, 0.05) is 0 Å². The molecule has 0 aromatic heterocycles. The normalized spacial score (nSPS) is 30.6. The van der Waals surface area contributed by atoms with Gasteiger partial charge in [-0.2, -0.15) is 0 Å². The second kappa shape index (κ2) is 10.3. The van der Waals surface area contributed by atoms with Gasteiger partial charge < -0.3 is 15.2 Å². The number of cyclic esters (lactones) is 1. The van der Waals surface area contributed by atoms with E-state index in [0.717, 1.165) is 32.1 Å². The van der Waals surface area contributed by atoms with Crippen molar-refractivity contribution in [3.05, 3.63) is 35.9 Å². The first-order valence-corrected chi connectivity index (χ1v) is 9.79. The van der Waals surface area contributed by atoms with E-state index in [1.54, 1.807) is 0 Å². The first-order chi connectivity index (χ1) is 12.1. The second-order valence-corrected chi connectivity index (χ2v) is 7.64. The van der Waals surface area contributed by atoms with Crippen molar-refractivity contribution in [1.82, 2.24) is 0 Å². The summed E-state index contributed by atoms with van der Waals surface area (Å²) in [6.07, 6.45) is 8.29. The van der Waals surface area contributed by atoms with Crippen LogP contribution >= 0.6 is 12.4 Å². The fourth-order valence-electron chi connectivity index (χ4n) is 4.21. The molecule has 2 N–H and O–H groups in total. The summed E-state index contributed by atoms with van der Waals surface area (Å²) in [4.78, 5) is 12.2. The predicted octanol–water partition coefficient (Wildman–Crippen LogP) is 4.04. The van der Waals surface area contributed by atoms with Crippen LogP contribution in [-0.2, 0) is 20.7 Å². The standard InChI is InChI=1S/C21H31NO3.ClH/c1-15-20(25-18-11-5-6-12-18)17(14-16-8-3-2-4-9-16)10-7-13-19(22)21(23)24-15;/h2-4,8-9,15,17-20H,5-7,10-14,22H2,1H3;1H/t15-,17+,19-,20-;/m0./s1. The molecule has 0 unspecified atom stereocenters. The zero-order valence-electron chi connectivity index (χ0n) is 15.6. The van der Waals surface area contributed by atoms with Gasteiger partial charge in [0.2, 0.25) is 0 Å². The van der Waals surface area contributed by atoms with E-state index >= 15 is 0 Å². The highest BCUT2D eigenvalue weighted by molar-refractivity contribution is 5.85. The minimum absolute atomic E-state index is 0. The quantitative estimate of drug-likeness (QED) is 0.799. The van der Waals surface area contributed by atoms with Crippen LogP contribution in [0.3, 0.4) is 0 Å². The lowest BCUT2D eigenvalue weighted by Crippen LogP contribution is -2.42. The number of carbonyl (C=O) groups excluding carboxylic acids is 1. The van der Waals surface area contributed by atoms with Crippen molar-refractivity contribution in [1.29, 1.82) is 0 Å². The number of esters is 1. The Bertz CT molecular complexity index is 547. The second-order valence-electron chi connectivity index (χ2n) is 7.64. The minimum Gasteiger partial charge on any atom is -0.459 e. The van der Waals surface area contributed by atoms with Crippen molar-refractivity contribution in [3.8, 4) is 0 Å². The molecule has 1 heterocycles. The lowest BCUT2D eigenvalue weighted by molar-refractivity contribution is -0.164. The van der Waals surface area contributed by atoms with Gasteiger partial charge in [0.05, 0.1) is 12.2 Å². The lowest BCUT2D eigenvalue weighted by atomic mass is 9.86. The number of benzene rings is 1. The molecule has 146 valence electrons. The molecular formula is C21H32ClNO3. The Labute approximate surface area is 163 Å². The van der Waals surface area contributed by atoms with Gasteiger partial charge in [0.1, 0.15) is 12.1 Å². The molecule has 0 radical (unpaired) electrons. The summed E-state index contributed by atoms with van der Waals surface area (Å²) in [6.45, 7) is 1.97. The Morgan fingerprint density at radius 1 is 1.08 bits per heavy atom. The number of carbonyl (C=O) groups is 1. The zero-order valence-corrected chi connectivity index (χ0v) is 16.5. The van der Waals surface area contributed by atoms with Gasteiger partial charge in [-0.15, -0.1) is 12.4 Å². The molecule has 1 saturated heterocycles. The first kappa shape index (κ1) is 21.2. The van der Waals surface area contributed by atoms with Crippen molar-refractivity contribution >= 4 is 18.4 Å². The van der Waals surface area contributed by atoms with Gasteiger partial charge in [0.25, 0.3) is 0 Å². The largest absolute Gasteiger partial charge is 0.459 e. The van der Waals surface area contributed by atoms with E-state index in [0.29, 0.717) is 18.4 Å². The molecule has 26 heavy (non-hydrogen) atoms. The van der Waals surface area contributed by atoms with Gasteiger partial charge in [-0.25, -0.2) is 0 Å². The molecule has 3 rings (SSSR count). The number of nitrogens with two attached hydrogens (primary N) is 1.